The smallest absolute Gasteiger partial charge is 0.241 e. The van der Waals surface area contributed by atoms with E-state index in [1.165, 1.54) is 4.90 Å². The Morgan fingerprint density at radius 1 is 0.957 bits per heavy atom. The topological polar surface area (TPSA) is 37.4 Å². The molecule has 3 nitrogen and oxygen atoms in total. The van der Waals surface area contributed by atoms with E-state index < -0.39 is 5.41 Å². The number of piperidine rings is 1. The number of fused-ring (bicyclic) bond motifs is 1. The molecule has 4 rings (SSSR count). The lowest BCUT2D eigenvalue weighted by atomic mass is 10.00. The van der Waals surface area contributed by atoms with Crippen molar-refractivity contribution in [3.63, 3.8) is 0 Å². The number of nitrogens with zero attached hydrogens (tertiary/aromatic N) is 1. The van der Waals surface area contributed by atoms with Crippen molar-refractivity contribution in [2.75, 3.05) is 4.90 Å². The number of carbonyl (C=O) groups excluding carboxylic acids is 2. The first-order valence-corrected chi connectivity index (χ1v) is 8.09. The first kappa shape index (κ1) is 14.7. The first-order chi connectivity index (χ1) is 10.9. The number of amides is 2. The summed E-state index contributed by atoms with van der Waals surface area (Å²) in [5.41, 5.74) is 0.802. The van der Waals surface area contributed by atoms with Crippen molar-refractivity contribution >= 4 is 40.7 Å². The Kier molecular flexibility index (Phi) is 3.09. The summed E-state index contributed by atoms with van der Waals surface area (Å²) in [4.78, 5) is 26.9. The van der Waals surface area contributed by atoms with Crippen LogP contribution in [0.3, 0.4) is 0 Å². The molecule has 0 N–H and O–H groups in total. The van der Waals surface area contributed by atoms with Gasteiger partial charge in [-0.25, -0.2) is 4.90 Å². The molecule has 1 heterocycles. The second kappa shape index (κ2) is 4.83. The van der Waals surface area contributed by atoms with Gasteiger partial charge in [0.1, 0.15) is 0 Å². The van der Waals surface area contributed by atoms with Crippen LogP contribution in [0.1, 0.15) is 18.4 Å². The van der Waals surface area contributed by atoms with Gasteiger partial charge in [-0.15, -0.1) is 0 Å². The summed E-state index contributed by atoms with van der Waals surface area (Å²) in [5.74, 6) is -0.714. The number of hydrogen-bond donors (Lipinski definition) is 0. The number of halogens is 2. The van der Waals surface area contributed by atoms with Gasteiger partial charge in [0.05, 0.1) is 17.0 Å². The third kappa shape index (κ3) is 1.97. The van der Waals surface area contributed by atoms with E-state index in [1.807, 2.05) is 37.3 Å². The first-order valence-electron chi connectivity index (χ1n) is 7.34. The highest BCUT2D eigenvalue weighted by molar-refractivity contribution is 6.36. The molecule has 2 aromatic rings. The highest BCUT2D eigenvalue weighted by Gasteiger charge is 2.76. The largest absolute Gasteiger partial charge is 0.274 e. The minimum Gasteiger partial charge on any atom is -0.274 e. The van der Waals surface area contributed by atoms with E-state index in [1.54, 1.807) is 18.2 Å². The maximum absolute atomic E-state index is 12.9. The Bertz CT molecular complexity index is 816. The van der Waals surface area contributed by atoms with Crippen LogP contribution >= 0.6 is 23.2 Å². The fourth-order valence-electron chi connectivity index (χ4n) is 3.77. The predicted octanol–water partition coefficient (Wildman–Crippen LogP) is 4.29. The van der Waals surface area contributed by atoms with Crippen molar-refractivity contribution in [2.24, 2.45) is 11.3 Å². The van der Waals surface area contributed by atoms with Crippen molar-refractivity contribution in [2.45, 2.75) is 12.8 Å². The van der Waals surface area contributed by atoms with Gasteiger partial charge in [-0.1, -0.05) is 53.5 Å². The number of hydrogen-bond acceptors (Lipinski definition) is 2. The van der Waals surface area contributed by atoms with Gasteiger partial charge in [0.15, 0.2) is 0 Å². The van der Waals surface area contributed by atoms with Crippen LogP contribution in [0.4, 0.5) is 5.69 Å². The van der Waals surface area contributed by atoms with E-state index in [2.05, 4.69) is 0 Å². The minimum atomic E-state index is -0.673. The lowest BCUT2D eigenvalue weighted by Gasteiger charge is -2.21. The lowest BCUT2D eigenvalue weighted by Crippen LogP contribution is -2.36. The van der Waals surface area contributed by atoms with Gasteiger partial charge in [-0.05, 0) is 30.7 Å². The second-order valence-corrected chi connectivity index (χ2v) is 7.13. The molecular weight excluding hydrogens is 333 g/mol. The van der Waals surface area contributed by atoms with Gasteiger partial charge in [-0.3, -0.25) is 9.59 Å². The lowest BCUT2D eigenvalue weighted by molar-refractivity contribution is -0.125. The molecular formula is C18H13Cl2NO2. The number of carbonyl (C=O) groups is 2. The molecule has 2 amide bonds. The molecule has 0 bridgehead atoms. The molecule has 2 aliphatic rings. The molecule has 0 spiro atoms. The summed E-state index contributed by atoms with van der Waals surface area (Å²) in [6, 6.07) is 14.5. The Balaban J connectivity index is 1.72. The highest BCUT2D eigenvalue weighted by atomic mass is 35.5. The highest BCUT2D eigenvalue weighted by Crippen LogP contribution is 2.69. The molecule has 23 heavy (non-hydrogen) atoms. The van der Waals surface area contributed by atoms with E-state index in [0.717, 1.165) is 5.56 Å². The van der Waals surface area contributed by atoms with E-state index in [-0.39, 0.29) is 23.7 Å². The average Bonchev–Trinajstić information content (AvgIpc) is 3.08. The summed E-state index contributed by atoms with van der Waals surface area (Å²) < 4.78 is 0. The molecule has 0 unspecified atom stereocenters. The van der Waals surface area contributed by atoms with Crippen LogP contribution in [0.15, 0.2) is 48.5 Å². The van der Waals surface area contributed by atoms with Crippen LogP contribution in [0, 0.1) is 11.3 Å². The van der Waals surface area contributed by atoms with E-state index >= 15 is 0 Å². The van der Waals surface area contributed by atoms with E-state index in [0.29, 0.717) is 15.7 Å². The SMILES string of the molecule is C[C@@]12C(=O)N(c3cc(Cl)cc(Cl)c3)C(=O)[C@@H]1[C@@H]2c1ccccc1. The molecule has 1 saturated heterocycles. The Morgan fingerprint density at radius 2 is 1.57 bits per heavy atom. The van der Waals surface area contributed by atoms with Gasteiger partial charge in [0, 0.05) is 16.0 Å². The van der Waals surface area contributed by atoms with Gasteiger partial charge < -0.3 is 0 Å². The van der Waals surface area contributed by atoms with Crippen molar-refractivity contribution in [1.29, 1.82) is 0 Å². The molecule has 0 radical (unpaired) electrons. The zero-order chi connectivity index (χ0) is 16.4. The van der Waals surface area contributed by atoms with Crippen LogP contribution in [-0.4, -0.2) is 11.8 Å². The Labute approximate surface area is 143 Å². The zero-order valence-corrected chi connectivity index (χ0v) is 13.8. The fourth-order valence-corrected chi connectivity index (χ4v) is 4.28. The molecule has 1 aliphatic carbocycles. The van der Waals surface area contributed by atoms with Crippen molar-refractivity contribution < 1.29 is 9.59 Å². The molecule has 116 valence electrons. The minimum absolute atomic E-state index is 0.0467. The third-order valence-electron chi connectivity index (χ3n) is 4.93. The molecule has 0 aromatic heterocycles. The maximum Gasteiger partial charge on any atom is 0.241 e. The van der Waals surface area contributed by atoms with Gasteiger partial charge in [0.25, 0.3) is 0 Å². The summed E-state index contributed by atoms with van der Waals surface area (Å²) >= 11 is 12.0. The monoisotopic (exact) mass is 345 g/mol. The van der Waals surface area contributed by atoms with Crippen LogP contribution < -0.4 is 4.90 Å². The van der Waals surface area contributed by atoms with Crippen LogP contribution in [-0.2, 0) is 9.59 Å². The predicted molar refractivity (Wildman–Crippen MR) is 89.7 cm³/mol. The van der Waals surface area contributed by atoms with E-state index in [4.69, 9.17) is 23.2 Å². The van der Waals surface area contributed by atoms with Crippen molar-refractivity contribution in [3.8, 4) is 0 Å². The zero-order valence-electron chi connectivity index (χ0n) is 12.3. The van der Waals surface area contributed by atoms with Gasteiger partial charge in [-0.2, -0.15) is 0 Å². The van der Waals surface area contributed by atoms with E-state index in [9.17, 15) is 9.59 Å². The van der Waals surface area contributed by atoms with Crippen molar-refractivity contribution in [3.05, 3.63) is 64.1 Å². The quantitative estimate of drug-likeness (QED) is 0.761. The molecule has 2 fully saturated rings. The van der Waals surface area contributed by atoms with Gasteiger partial charge in [0.2, 0.25) is 11.8 Å². The Hall–Kier alpha value is -1.84. The normalized spacial score (nSPS) is 28.9. The second-order valence-electron chi connectivity index (χ2n) is 6.26. The molecule has 5 heteroatoms. The summed E-state index contributed by atoms with van der Waals surface area (Å²) in [7, 11) is 0. The van der Waals surface area contributed by atoms with Crippen LogP contribution in [0.25, 0.3) is 0 Å². The fraction of sp³-hybridized carbons (Fsp3) is 0.222. The maximum atomic E-state index is 12.9. The third-order valence-corrected chi connectivity index (χ3v) is 5.37. The standard InChI is InChI=1S/C18H13Cl2NO2/c1-18-14(10-5-3-2-4-6-10)15(18)16(22)21(17(18)23)13-8-11(19)7-12(20)9-13/h2-9,14-15H,1H3/t14-,15-,18-/m0/s1. The molecule has 1 aliphatic heterocycles. The van der Waals surface area contributed by atoms with Crippen molar-refractivity contribution in [1.82, 2.24) is 0 Å². The number of anilines is 1. The number of benzene rings is 2. The summed E-state index contributed by atoms with van der Waals surface area (Å²) in [6.07, 6.45) is 0. The summed E-state index contributed by atoms with van der Waals surface area (Å²) in [6.45, 7) is 1.86. The Morgan fingerprint density at radius 3 is 2.09 bits per heavy atom. The number of rotatable bonds is 2. The summed E-state index contributed by atoms with van der Waals surface area (Å²) in [5, 5.41) is 0.803. The van der Waals surface area contributed by atoms with Crippen LogP contribution in [0.5, 0.6) is 0 Å². The molecule has 1 saturated carbocycles. The number of imide groups is 1. The van der Waals surface area contributed by atoms with Gasteiger partial charge >= 0.3 is 0 Å². The molecule has 2 aromatic carbocycles. The molecule has 3 atom stereocenters. The average molecular weight is 346 g/mol. The van der Waals surface area contributed by atoms with Crippen LogP contribution in [0.2, 0.25) is 10.0 Å².